The molecule has 0 unspecified atom stereocenters. The number of allylic oxidation sites excluding steroid dienone is 1. The molecule has 0 spiro atoms. The summed E-state index contributed by atoms with van der Waals surface area (Å²) in [7, 11) is 3.09. The summed E-state index contributed by atoms with van der Waals surface area (Å²) in [5, 5.41) is 0. The lowest BCUT2D eigenvalue weighted by Gasteiger charge is -2.24. The molecule has 1 aromatic heterocycles. The van der Waals surface area contributed by atoms with Crippen molar-refractivity contribution in [3.05, 3.63) is 126 Å². The van der Waals surface area contributed by atoms with Gasteiger partial charge in [0.05, 0.1) is 36.1 Å². The fraction of sp³-hybridized carbons (Fsp3) is 0.167. The monoisotopic (exact) mass is 544 g/mol. The lowest BCUT2D eigenvalue weighted by Crippen LogP contribution is -2.39. The first kappa shape index (κ1) is 26.1. The number of thiazole rings is 1. The third kappa shape index (κ3) is 5.26. The Kier molecular flexibility index (Phi) is 7.42. The summed E-state index contributed by atoms with van der Waals surface area (Å²) in [6.45, 7) is 1.78. The number of carbonyl (C=O) groups is 1. The minimum atomic E-state index is -0.835. The fourth-order valence-electron chi connectivity index (χ4n) is 4.44. The molecular formula is C30H25FN2O5S. The quantitative estimate of drug-likeness (QED) is 0.327. The number of aromatic nitrogens is 1. The van der Waals surface area contributed by atoms with Crippen LogP contribution < -0.4 is 24.4 Å². The first-order chi connectivity index (χ1) is 18.9. The maximum atomic E-state index is 13.8. The Morgan fingerprint density at radius 1 is 1.03 bits per heavy atom. The van der Waals surface area contributed by atoms with Gasteiger partial charge >= 0.3 is 5.97 Å². The van der Waals surface area contributed by atoms with Crippen molar-refractivity contribution in [2.75, 3.05) is 14.2 Å². The van der Waals surface area contributed by atoms with E-state index in [1.807, 2.05) is 36.4 Å². The molecule has 1 aliphatic heterocycles. The Balaban J connectivity index is 1.61. The average molecular weight is 545 g/mol. The Bertz CT molecular complexity index is 1740. The van der Waals surface area contributed by atoms with E-state index in [9.17, 15) is 14.0 Å². The second-order valence-corrected chi connectivity index (χ2v) is 9.82. The van der Waals surface area contributed by atoms with Crippen LogP contribution in [0, 0.1) is 5.82 Å². The zero-order valence-electron chi connectivity index (χ0n) is 21.5. The van der Waals surface area contributed by atoms with Crippen molar-refractivity contribution in [3.63, 3.8) is 0 Å². The minimum absolute atomic E-state index is 0.0658. The highest BCUT2D eigenvalue weighted by Gasteiger charge is 2.33. The van der Waals surface area contributed by atoms with Crippen molar-refractivity contribution < 1.29 is 23.4 Å². The van der Waals surface area contributed by atoms with E-state index < -0.39 is 17.8 Å². The number of ether oxygens (including phenoxy) is 3. The van der Waals surface area contributed by atoms with Gasteiger partial charge in [-0.1, -0.05) is 59.9 Å². The number of hydrogen-bond acceptors (Lipinski definition) is 7. The van der Waals surface area contributed by atoms with E-state index in [0.29, 0.717) is 32.1 Å². The predicted octanol–water partition coefficient (Wildman–Crippen LogP) is 4.13. The first-order valence-corrected chi connectivity index (χ1v) is 12.9. The molecule has 2 heterocycles. The zero-order valence-corrected chi connectivity index (χ0v) is 22.3. The van der Waals surface area contributed by atoms with Crippen LogP contribution in [0.25, 0.3) is 6.08 Å². The van der Waals surface area contributed by atoms with E-state index in [4.69, 9.17) is 14.2 Å². The van der Waals surface area contributed by atoms with Crippen molar-refractivity contribution in [2.24, 2.45) is 4.99 Å². The lowest BCUT2D eigenvalue weighted by atomic mass is 9.96. The highest BCUT2D eigenvalue weighted by atomic mass is 32.1. The Labute approximate surface area is 227 Å². The second-order valence-electron chi connectivity index (χ2n) is 8.81. The van der Waals surface area contributed by atoms with Gasteiger partial charge in [0, 0.05) is 0 Å². The molecule has 0 fully saturated rings. The van der Waals surface area contributed by atoms with Crippen molar-refractivity contribution in [3.8, 4) is 11.5 Å². The Morgan fingerprint density at radius 2 is 1.74 bits per heavy atom. The fourth-order valence-corrected chi connectivity index (χ4v) is 5.48. The third-order valence-corrected chi connectivity index (χ3v) is 7.33. The summed E-state index contributed by atoms with van der Waals surface area (Å²) in [6.07, 6.45) is 1.74. The molecule has 1 atom stereocenters. The van der Waals surface area contributed by atoms with Crippen molar-refractivity contribution in [2.45, 2.75) is 19.6 Å². The van der Waals surface area contributed by atoms with Gasteiger partial charge in [-0.15, -0.1) is 0 Å². The maximum Gasteiger partial charge on any atom is 0.338 e. The maximum absolute atomic E-state index is 13.8. The van der Waals surface area contributed by atoms with Gasteiger partial charge in [-0.3, -0.25) is 9.36 Å². The lowest BCUT2D eigenvalue weighted by molar-refractivity contribution is -0.140. The molecule has 0 amide bonds. The molecule has 0 N–H and O–H groups in total. The smallest absolute Gasteiger partial charge is 0.338 e. The molecule has 7 nitrogen and oxygen atoms in total. The van der Waals surface area contributed by atoms with E-state index in [1.54, 1.807) is 51.5 Å². The molecule has 198 valence electrons. The topological polar surface area (TPSA) is 79.1 Å². The van der Waals surface area contributed by atoms with Crippen LogP contribution in [0.15, 0.2) is 93.9 Å². The van der Waals surface area contributed by atoms with E-state index in [2.05, 4.69) is 4.99 Å². The molecule has 0 saturated heterocycles. The summed E-state index contributed by atoms with van der Waals surface area (Å²) in [6, 6.07) is 19.6. The van der Waals surface area contributed by atoms with Crippen LogP contribution in [0.3, 0.4) is 0 Å². The molecule has 5 rings (SSSR count). The summed E-state index contributed by atoms with van der Waals surface area (Å²) in [5.74, 6) is 0.0846. The molecule has 1 aliphatic rings. The van der Waals surface area contributed by atoms with Gasteiger partial charge in [0.2, 0.25) is 0 Å². The molecule has 3 aromatic carbocycles. The Hall–Kier alpha value is -4.50. The minimum Gasteiger partial charge on any atom is -0.493 e. The molecule has 0 bridgehead atoms. The summed E-state index contributed by atoms with van der Waals surface area (Å²) < 4.78 is 32.0. The number of halogens is 1. The predicted molar refractivity (Wildman–Crippen MR) is 146 cm³/mol. The Morgan fingerprint density at radius 3 is 2.44 bits per heavy atom. The number of methoxy groups -OCH3 is 2. The zero-order chi connectivity index (χ0) is 27.5. The summed E-state index contributed by atoms with van der Waals surface area (Å²) in [4.78, 5) is 32.2. The van der Waals surface area contributed by atoms with Crippen LogP contribution in [0.4, 0.5) is 4.39 Å². The van der Waals surface area contributed by atoms with Crippen LogP contribution in [-0.4, -0.2) is 24.8 Å². The van der Waals surface area contributed by atoms with E-state index in [1.165, 1.54) is 28.0 Å². The van der Waals surface area contributed by atoms with Crippen LogP contribution in [0.1, 0.15) is 29.7 Å². The van der Waals surface area contributed by atoms with E-state index >= 15 is 0 Å². The number of rotatable bonds is 7. The van der Waals surface area contributed by atoms with Crippen molar-refractivity contribution >= 4 is 23.4 Å². The van der Waals surface area contributed by atoms with Crippen LogP contribution in [0.5, 0.6) is 11.5 Å². The van der Waals surface area contributed by atoms with E-state index in [-0.39, 0.29) is 17.7 Å². The number of benzene rings is 3. The second kappa shape index (κ2) is 11.1. The van der Waals surface area contributed by atoms with Crippen LogP contribution >= 0.6 is 11.3 Å². The molecule has 0 radical (unpaired) electrons. The van der Waals surface area contributed by atoms with E-state index in [0.717, 1.165) is 11.1 Å². The number of fused-ring (bicyclic) bond motifs is 1. The number of hydrogen-bond donors (Lipinski definition) is 0. The number of carbonyl (C=O) groups excluding carboxylic acids is 1. The third-order valence-electron chi connectivity index (χ3n) is 6.35. The highest BCUT2D eigenvalue weighted by molar-refractivity contribution is 7.07. The first-order valence-electron chi connectivity index (χ1n) is 12.1. The highest BCUT2D eigenvalue weighted by Crippen LogP contribution is 2.31. The largest absolute Gasteiger partial charge is 0.493 e. The molecule has 0 aliphatic carbocycles. The standard InChI is InChI=1S/C30H25FN2O5S/c1-18-26(29(35)38-17-19-7-5-4-6-8-19)27(21-10-12-22(31)13-11-21)33-28(34)25(39-30(33)32-18)16-20-9-14-23(36-2)24(15-20)37-3/h4-16,27H,17H2,1-3H3/b25-16+/t27-/m0/s1. The number of esters is 1. The summed E-state index contributed by atoms with van der Waals surface area (Å²) >= 11 is 1.21. The van der Waals surface area contributed by atoms with Crippen LogP contribution in [-0.2, 0) is 16.1 Å². The molecule has 9 heteroatoms. The SMILES string of the molecule is COc1ccc(/C=c2/sc3n(c2=O)[C@@H](c2ccc(F)cc2)C(C(=O)OCc2ccccc2)=C(C)N=3)cc1OC. The average Bonchev–Trinajstić information content (AvgIpc) is 3.25. The van der Waals surface area contributed by atoms with Gasteiger partial charge in [-0.2, -0.15) is 0 Å². The summed E-state index contributed by atoms with van der Waals surface area (Å²) in [5.41, 5.74) is 2.45. The molecule has 4 aromatic rings. The number of nitrogens with zero attached hydrogens (tertiary/aromatic N) is 2. The van der Waals surface area contributed by atoms with Gasteiger partial charge in [0.15, 0.2) is 16.3 Å². The molecule has 39 heavy (non-hydrogen) atoms. The van der Waals surface area contributed by atoms with Gasteiger partial charge in [-0.05, 0) is 54.0 Å². The molecule has 0 saturated carbocycles. The van der Waals surface area contributed by atoms with Crippen molar-refractivity contribution in [1.82, 2.24) is 4.57 Å². The van der Waals surface area contributed by atoms with Crippen LogP contribution in [0.2, 0.25) is 0 Å². The van der Waals surface area contributed by atoms with Gasteiger partial charge in [0.1, 0.15) is 12.4 Å². The van der Waals surface area contributed by atoms with Gasteiger partial charge < -0.3 is 14.2 Å². The van der Waals surface area contributed by atoms with Gasteiger partial charge in [0.25, 0.3) is 5.56 Å². The van der Waals surface area contributed by atoms with Gasteiger partial charge in [-0.25, -0.2) is 14.2 Å². The van der Waals surface area contributed by atoms with Crippen molar-refractivity contribution in [1.29, 1.82) is 0 Å². The normalized spacial score (nSPS) is 15.0. The molecular weight excluding hydrogens is 519 g/mol.